The van der Waals surface area contributed by atoms with Crippen LogP contribution in [0.1, 0.15) is 70.3 Å². The van der Waals surface area contributed by atoms with E-state index in [-0.39, 0.29) is 17.6 Å². The lowest BCUT2D eigenvalue weighted by Crippen LogP contribution is -2.61. The molecule has 3 fully saturated rings. The first-order valence-electron chi connectivity index (χ1n) is 12.0. The maximum atomic E-state index is 12.9. The fraction of sp³-hybridized carbons (Fsp3) is 0.680. The molecule has 1 aliphatic carbocycles. The van der Waals surface area contributed by atoms with E-state index in [2.05, 4.69) is 52.8 Å². The van der Waals surface area contributed by atoms with Crippen molar-refractivity contribution in [3.63, 3.8) is 0 Å². The van der Waals surface area contributed by atoms with Crippen molar-refractivity contribution in [2.45, 2.75) is 82.7 Å². The summed E-state index contributed by atoms with van der Waals surface area (Å²) in [4.78, 5) is 27.7. The van der Waals surface area contributed by atoms with Gasteiger partial charge in [-0.3, -0.25) is 4.79 Å². The highest BCUT2D eigenvalue weighted by Crippen LogP contribution is 2.52. The van der Waals surface area contributed by atoms with Gasteiger partial charge in [0, 0.05) is 31.1 Å². The molecule has 2 saturated heterocycles. The molecule has 0 bridgehead atoms. The summed E-state index contributed by atoms with van der Waals surface area (Å²) < 4.78 is 0. The Labute approximate surface area is 181 Å². The summed E-state index contributed by atoms with van der Waals surface area (Å²) in [6.07, 6.45) is 10.0. The normalized spacial score (nSPS) is 30.9. The predicted molar refractivity (Wildman–Crippen MR) is 119 cm³/mol. The molecule has 1 unspecified atom stereocenters. The van der Waals surface area contributed by atoms with Crippen molar-refractivity contribution >= 4 is 11.9 Å². The summed E-state index contributed by atoms with van der Waals surface area (Å²) in [7, 11) is 0. The van der Waals surface area contributed by atoms with Crippen molar-refractivity contribution in [2.75, 3.05) is 13.1 Å². The van der Waals surface area contributed by atoms with Crippen molar-refractivity contribution < 1.29 is 9.59 Å². The molecule has 4 atom stereocenters. The maximum Gasteiger partial charge on any atom is 0.315 e. The number of nitrogens with one attached hydrogen (secondary N) is 2. The van der Waals surface area contributed by atoms with Crippen molar-refractivity contribution in [1.82, 2.24) is 15.5 Å². The van der Waals surface area contributed by atoms with Crippen LogP contribution in [0.4, 0.5) is 4.79 Å². The second-order valence-electron chi connectivity index (χ2n) is 9.50. The Bertz CT molecular complexity index is 737. The summed E-state index contributed by atoms with van der Waals surface area (Å²) in [5.41, 5.74) is 1.35. The quantitative estimate of drug-likeness (QED) is 0.687. The van der Waals surface area contributed by atoms with Crippen molar-refractivity contribution in [2.24, 2.45) is 11.8 Å². The predicted octanol–water partition coefficient (Wildman–Crippen LogP) is 4.27. The van der Waals surface area contributed by atoms with E-state index in [1.165, 1.54) is 5.56 Å². The average molecular weight is 412 g/mol. The molecule has 2 aliphatic heterocycles. The molecule has 2 N–H and O–H groups in total. The number of carbonyl (C=O) groups is 2. The van der Waals surface area contributed by atoms with Crippen LogP contribution in [-0.4, -0.2) is 41.5 Å². The molecule has 30 heavy (non-hydrogen) atoms. The van der Waals surface area contributed by atoms with Gasteiger partial charge in [0.1, 0.15) is 0 Å². The number of hydrogen-bond acceptors (Lipinski definition) is 2. The minimum atomic E-state index is -0.0320. The van der Waals surface area contributed by atoms with Gasteiger partial charge in [0.05, 0.1) is 0 Å². The smallest absolute Gasteiger partial charge is 0.315 e. The zero-order chi connectivity index (χ0) is 21.0. The number of rotatable bonds is 6. The molecule has 1 aromatic carbocycles. The molecule has 1 aromatic rings. The Morgan fingerprint density at radius 1 is 1.17 bits per heavy atom. The van der Waals surface area contributed by atoms with Gasteiger partial charge in [-0.05, 0) is 68.8 Å². The molecule has 5 heteroatoms. The van der Waals surface area contributed by atoms with E-state index in [4.69, 9.17) is 0 Å². The van der Waals surface area contributed by atoms with Gasteiger partial charge in [0.15, 0.2) is 0 Å². The van der Waals surface area contributed by atoms with Crippen LogP contribution >= 0.6 is 0 Å². The standard InChI is InChI=1S/C25H37N3O2/c1-2-3-16-26-24(30)27-22-13-15-25-14-8-17-28(25)23(29)12-7-11-21(25)20(22)18-19-9-5-4-6-10-19/h4-6,9-10,20-22H,2-3,7-8,11-18H2,1H3,(H2,26,27,30)/t20?,21-,22-,25+/m0/s1. The maximum absolute atomic E-state index is 12.9. The number of nitrogens with zero attached hydrogens (tertiary/aromatic N) is 1. The van der Waals surface area contributed by atoms with E-state index in [0.717, 1.165) is 70.9 Å². The Morgan fingerprint density at radius 3 is 2.80 bits per heavy atom. The molecular formula is C25H37N3O2. The van der Waals surface area contributed by atoms with Crippen LogP contribution in [0.5, 0.6) is 0 Å². The highest BCUT2D eigenvalue weighted by atomic mass is 16.2. The number of unbranched alkanes of at least 4 members (excludes halogenated alkanes) is 1. The first kappa shape index (κ1) is 21.2. The minimum Gasteiger partial charge on any atom is -0.338 e. The summed E-state index contributed by atoms with van der Waals surface area (Å²) >= 11 is 0. The molecular weight excluding hydrogens is 374 g/mol. The lowest BCUT2D eigenvalue weighted by molar-refractivity contribution is -0.138. The molecule has 4 rings (SSSR count). The number of benzene rings is 1. The van der Waals surface area contributed by atoms with E-state index in [1.807, 2.05) is 0 Å². The number of urea groups is 1. The summed E-state index contributed by atoms with van der Waals surface area (Å²) in [5.74, 6) is 1.18. The monoisotopic (exact) mass is 411 g/mol. The summed E-state index contributed by atoms with van der Waals surface area (Å²) in [6, 6.07) is 10.8. The molecule has 3 aliphatic rings. The molecule has 1 saturated carbocycles. The topological polar surface area (TPSA) is 61.4 Å². The van der Waals surface area contributed by atoms with Gasteiger partial charge < -0.3 is 15.5 Å². The van der Waals surface area contributed by atoms with Gasteiger partial charge >= 0.3 is 6.03 Å². The summed E-state index contributed by atoms with van der Waals surface area (Å²) in [6.45, 7) is 3.79. The van der Waals surface area contributed by atoms with E-state index in [9.17, 15) is 9.59 Å². The van der Waals surface area contributed by atoms with Gasteiger partial charge in [0.2, 0.25) is 5.91 Å². The Kier molecular flexibility index (Phi) is 6.64. The Hall–Kier alpha value is -2.04. The fourth-order valence-electron chi connectivity index (χ4n) is 6.44. The number of carbonyl (C=O) groups excluding carboxylic acids is 2. The van der Waals surface area contributed by atoms with Crippen molar-refractivity contribution in [3.05, 3.63) is 35.9 Å². The van der Waals surface area contributed by atoms with Crippen molar-refractivity contribution in [1.29, 1.82) is 0 Å². The van der Waals surface area contributed by atoms with Crippen LogP contribution < -0.4 is 10.6 Å². The molecule has 164 valence electrons. The average Bonchev–Trinajstić information content (AvgIpc) is 3.11. The van der Waals surface area contributed by atoms with Gasteiger partial charge in [-0.1, -0.05) is 43.7 Å². The second-order valence-corrected chi connectivity index (χ2v) is 9.50. The minimum absolute atomic E-state index is 0.0178. The van der Waals surface area contributed by atoms with E-state index in [0.29, 0.717) is 24.2 Å². The Balaban J connectivity index is 1.58. The largest absolute Gasteiger partial charge is 0.338 e. The second kappa shape index (κ2) is 9.40. The highest BCUT2D eigenvalue weighted by molar-refractivity contribution is 5.78. The summed E-state index contributed by atoms with van der Waals surface area (Å²) in [5, 5.41) is 6.37. The third-order valence-electron chi connectivity index (χ3n) is 7.79. The zero-order valence-electron chi connectivity index (χ0n) is 18.4. The molecule has 0 aromatic heterocycles. The highest BCUT2D eigenvalue weighted by Gasteiger charge is 2.56. The lowest BCUT2D eigenvalue weighted by atomic mass is 9.61. The zero-order valence-corrected chi connectivity index (χ0v) is 18.4. The SMILES string of the molecule is CCCCNC(=O)N[C@H]1CC[C@@]23CCCN2C(=O)CCC[C@H]3C1Cc1ccccc1. The van der Waals surface area contributed by atoms with Gasteiger partial charge in [-0.2, -0.15) is 0 Å². The third-order valence-corrected chi connectivity index (χ3v) is 7.79. The van der Waals surface area contributed by atoms with Gasteiger partial charge in [-0.15, -0.1) is 0 Å². The Morgan fingerprint density at radius 2 is 2.00 bits per heavy atom. The van der Waals surface area contributed by atoms with Crippen LogP contribution in [0.3, 0.4) is 0 Å². The molecule has 0 radical (unpaired) electrons. The first-order chi connectivity index (χ1) is 14.6. The lowest BCUT2D eigenvalue weighted by Gasteiger charge is -2.53. The van der Waals surface area contributed by atoms with Crippen LogP contribution in [0.2, 0.25) is 0 Å². The van der Waals surface area contributed by atoms with Gasteiger partial charge in [0.25, 0.3) is 0 Å². The van der Waals surface area contributed by atoms with Crippen LogP contribution in [-0.2, 0) is 11.2 Å². The van der Waals surface area contributed by atoms with E-state index in [1.54, 1.807) is 0 Å². The number of hydrogen-bond donors (Lipinski definition) is 2. The molecule has 2 heterocycles. The number of amides is 3. The van der Waals surface area contributed by atoms with Crippen LogP contribution in [0.25, 0.3) is 0 Å². The molecule has 5 nitrogen and oxygen atoms in total. The van der Waals surface area contributed by atoms with Crippen molar-refractivity contribution in [3.8, 4) is 0 Å². The van der Waals surface area contributed by atoms with E-state index < -0.39 is 0 Å². The van der Waals surface area contributed by atoms with Crippen LogP contribution in [0.15, 0.2) is 30.3 Å². The third kappa shape index (κ3) is 4.21. The first-order valence-corrected chi connectivity index (χ1v) is 12.0. The van der Waals surface area contributed by atoms with Crippen LogP contribution in [0, 0.1) is 11.8 Å². The van der Waals surface area contributed by atoms with Gasteiger partial charge in [-0.25, -0.2) is 4.79 Å². The molecule has 1 spiro atoms. The van der Waals surface area contributed by atoms with E-state index >= 15 is 0 Å². The fourth-order valence-corrected chi connectivity index (χ4v) is 6.44. The molecule has 3 amide bonds.